The van der Waals surface area contributed by atoms with Crippen LogP contribution in [0, 0.1) is 6.17 Å². The Kier molecular flexibility index (Phi) is 5.30. The third-order valence-electron chi connectivity index (χ3n) is 1.63. The Balaban J connectivity index is 0.000000810. The summed E-state index contributed by atoms with van der Waals surface area (Å²) in [7, 11) is 0. The molecule has 1 fully saturated rings. The minimum atomic E-state index is 0. The minimum absolute atomic E-state index is 0. The van der Waals surface area contributed by atoms with Crippen LogP contribution < -0.4 is 10.6 Å². The maximum Gasteiger partial charge on any atom is 3.00 e. The predicted molar refractivity (Wildman–Crippen MR) is 38.7 cm³/mol. The van der Waals surface area contributed by atoms with E-state index in [2.05, 4.69) is 31.4 Å². The molecule has 1 saturated heterocycles. The van der Waals surface area contributed by atoms with Crippen LogP contribution in [0.4, 0.5) is 0 Å². The Hall–Kier alpha value is 1.02. The van der Waals surface area contributed by atoms with Gasteiger partial charge in [0.1, 0.15) is 0 Å². The third kappa shape index (κ3) is 3.43. The van der Waals surface area contributed by atoms with E-state index in [1.54, 1.807) is 0 Å². The molecular weight excluding hydrogens is 201 g/mol. The van der Waals surface area contributed by atoms with Crippen molar-refractivity contribution in [2.24, 2.45) is 0 Å². The molecule has 1 aliphatic heterocycles. The standard InChI is InChI=1S/C7H15N2.Y/c1-5-4-6(2)9-7(3)8-5;/h5-6,8-9H,4H2,1-3H3;/q-1;+3. The van der Waals surface area contributed by atoms with Crippen LogP contribution in [-0.4, -0.2) is 12.1 Å². The number of rotatable bonds is 0. The monoisotopic (exact) mass is 216 g/mol. The molecule has 2 nitrogen and oxygen atoms in total. The van der Waals surface area contributed by atoms with Crippen LogP contribution in [0.3, 0.4) is 0 Å². The van der Waals surface area contributed by atoms with Crippen molar-refractivity contribution < 1.29 is 32.7 Å². The summed E-state index contributed by atoms with van der Waals surface area (Å²) < 4.78 is 0. The molecule has 3 heteroatoms. The number of hydrogen-bond acceptors (Lipinski definition) is 2. The zero-order valence-corrected chi connectivity index (χ0v) is 9.78. The van der Waals surface area contributed by atoms with Gasteiger partial charge in [-0.05, 0) is 18.5 Å². The maximum atomic E-state index is 3.32. The van der Waals surface area contributed by atoms with Crippen LogP contribution in [0.2, 0.25) is 0 Å². The van der Waals surface area contributed by atoms with Gasteiger partial charge in [-0.15, -0.1) is 0 Å². The molecule has 54 valence electrons. The Labute approximate surface area is 88.4 Å². The van der Waals surface area contributed by atoms with E-state index in [9.17, 15) is 0 Å². The maximum absolute atomic E-state index is 3.32. The van der Waals surface area contributed by atoms with Crippen molar-refractivity contribution in [2.45, 2.75) is 39.3 Å². The summed E-state index contributed by atoms with van der Waals surface area (Å²) in [5.74, 6) is 0. The van der Waals surface area contributed by atoms with Crippen LogP contribution in [0.25, 0.3) is 0 Å². The van der Waals surface area contributed by atoms with Crippen molar-refractivity contribution in [1.82, 2.24) is 10.6 Å². The second-order valence-corrected chi connectivity index (χ2v) is 2.95. The van der Waals surface area contributed by atoms with Gasteiger partial charge < -0.3 is 10.6 Å². The number of hydrogen-bond donors (Lipinski definition) is 2. The van der Waals surface area contributed by atoms with Gasteiger partial charge in [-0.2, -0.15) is 13.1 Å². The molecular formula is C7H15N2Y+2. The Morgan fingerprint density at radius 1 is 1.20 bits per heavy atom. The van der Waals surface area contributed by atoms with Gasteiger partial charge in [0.15, 0.2) is 0 Å². The quantitative estimate of drug-likeness (QED) is 0.586. The zero-order chi connectivity index (χ0) is 6.85. The van der Waals surface area contributed by atoms with E-state index in [1.165, 1.54) is 12.6 Å². The third-order valence-corrected chi connectivity index (χ3v) is 1.63. The Morgan fingerprint density at radius 3 is 1.90 bits per heavy atom. The van der Waals surface area contributed by atoms with Crippen LogP contribution in [-0.2, 0) is 32.7 Å². The van der Waals surface area contributed by atoms with E-state index in [-0.39, 0.29) is 32.7 Å². The van der Waals surface area contributed by atoms with Crippen molar-refractivity contribution >= 4 is 0 Å². The van der Waals surface area contributed by atoms with Crippen molar-refractivity contribution in [2.75, 3.05) is 0 Å². The molecule has 10 heavy (non-hydrogen) atoms. The number of nitrogens with one attached hydrogen (secondary N) is 2. The molecule has 0 radical (unpaired) electrons. The van der Waals surface area contributed by atoms with E-state index < -0.39 is 0 Å². The average Bonchev–Trinajstić information content (AvgIpc) is 1.59. The normalized spacial score (nSPS) is 35.1. The largest absolute Gasteiger partial charge is 3.00 e. The van der Waals surface area contributed by atoms with E-state index in [0.29, 0.717) is 12.1 Å². The molecule has 1 rings (SSSR count). The van der Waals surface area contributed by atoms with Crippen molar-refractivity contribution in [1.29, 1.82) is 0 Å². The Bertz CT molecular complexity index is 72.6. The summed E-state index contributed by atoms with van der Waals surface area (Å²) in [4.78, 5) is 0. The molecule has 0 saturated carbocycles. The molecule has 0 aromatic heterocycles. The van der Waals surface area contributed by atoms with Crippen molar-refractivity contribution in [3.63, 3.8) is 0 Å². The molecule has 2 atom stereocenters. The molecule has 0 aromatic carbocycles. The molecule has 2 N–H and O–H groups in total. The summed E-state index contributed by atoms with van der Waals surface area (Å²) in [6.45, 7) is 6.49. The van der Waals surface area contributed by atoms with Gasteiger partial charge in [0.2, 0.25) is 0 Å². The summed E-state index contributed by atoms with van der Waals surface area (Å²) in [6.07, 6.45) is 2.43. The zero-order valence-electron chi connectivity index (χ0n) is 6.94. The molecule has 0 aromatic rings. The molecule has 1 aliphatic rings. The molecule has 0 spiro atoms. The van der Waals surface area contributed by atoms with Crippen LogP contribution in [0.5, 0.6) is 0 Å². The van der Waals surface area contributed by atoms with E-state index in [4.69, 9.17) is 0 Å². The van der Waals surface area contributed by atoms with E-state index in [1.807, 2.05) is 0 Å². The molecule has 0 aliphatic carbocycles. The van der Waals surface area contributed by atoms with Gasteiger partial charge >= 0.3 is 32.7 Å². The Morgan fingerprint density at radius 2 is 1.60 bits per heavy atom. The first-order valence-electron chi connectivity index (χ1n) is 3.55. The summed E-state index contributed by atoms with van der Waals surface area (Å²) >= 11 is 0. The first-order chi connectivity index (χ1) is 4.18. The average molecular weight is 216 g/mol. The van der Waals surface area contributed by atoms with Crippen molar-refractivity contribution in [3.05, 3.63) is 6.17 Å². The summed E-state index contributed by atoms with van der Waals surface area (Å²) in [5.41, 5.74) is 0. The van der Waals surface area contributed by atoms with E-state index in [0.717, 1.165) is 0 Å². The fourth-order valence-electron chi connectivity index (χ4n) is 1.43. The van der Waals surface area contributed by atoms with Crippen LogP contribution in [0.1, 0.15) is 27.2 Å². The predicted octanol–water partition coefficient (Wildman–Crippen LogP) is 0.853. The molecule has 1 heterocycles. The van der Waals surface area contributed by atoms with Gasteiger partial charge in [-0.1, -0.05) is 13.8 Å². The van der Waals surface area contributed by atoms with Gasteiger partial charge in [0.25, 0.3) is 0 Å². The SMILES string of the molecule is C[C-]1NC(C)CC(C)N1.[Y+3]. The summed E-state index contributed by atoms with van der Waals surface area (Å²) in [6, 6.07) is 1.28. The smallest absolute Gasteiger partial charge is 0.451 e. The van der Waals surface area contributed by atoms with E-state index >= 15 is 0 Å². The van der Waals surface area contributed by atoms with Gasteiger partial charge in [-0.3, -0.25) is 0 Å². The summed E-state index contributed by atoms with van der Waals surface area (Å²) in [5, 5.41) is 6.63. The second-order valence-electron chi connectivity index (χ2n) is 2.95. The first-order valence-corrected chi connectivity index (χ1v) is 3.55. The van der Waals surface area contributed by atoms with Gasteiger partial charge in [0, 0.05) is 0 Å². The van der Waals surface area contributed by atoms with Crippen LogP contribution >= 0.6 is 0 Å². The molecule has 2 unspecified atom stereocenters. The molecule has 0 amide bonds. The fourth-order valence-corrected chi connectivity index (χ4v) is 1.43. The fraction of sp³-hybridized carbons (Fsp3) is 0.857. The van der Waals surface area contributed by atoms with Gasteiger partial charge in [0.05, 0.1) is 0 Å². The van der Waals surface area contributed by atoms with Gasteiger partial charge in [-0.25, -0.2) is 0 Å². The molecule has 0 bridgehead atoms. The first kappa shape index (κ1) is 11.0. The second kappa shape index (κ2) is 4.81. The topological polar surface area (TPSA) is 24.1 Å². The van der Waals surface area contributed by atoms with Crippen molar-refractivity contribution in [3.8, 4) is 0 Å². The minimum Gasteiger partial charge on any atom is -0.451 e. The van der Waals surface area contributed by atoms with Crippen LogP contribution in [0.15, 0.2) is 0 Å².